The molecule has 4 nitrogen and oxygen atoms in total. The molecule has 17 heavy (non-hydrogen) atoms. The van der Waals surface area contributed by atoms with Crippen LogP contribution >= 0.6 is 11.6 Å². The lowest BCUT2D eigenvalue weighted by Crippen LogP contribution is -2.09. The van der Waals surface area contributed by atoms with Gasteiger partial charge in [-0.05, 0) is 19.9 Å². The van der Waals surface area contributed by atoms with Gasteiger partial charge in [0.25, 0.3) is 0 Å². The molecular formula is C11H11ClFN3O. The summed E-state index contributed by atoms with van der Waals surface area (Å²) in [6, 6.07) is 0.927. The zero-order chi connectivity index (χ0) is 12.4. The maximum Gasteiger partial charge on any atom is 0.216 e. The molecule has 0 amide bonds. The molecule has 0 saturated carbocycles. The quantitative estimate of drug-likeness (QED) is 0.914. The Bertz CT molecular complexity index is 529. The van der Waals surface area contributed by atoms with Gasteiger partial charge in [0, 0.05) is 6.20 Å². The van der Waals surface area contributed by atoms with Crippen molar-refractivity contribution in [3.05, 3.63) is 41.0 Å². The number of aromatic nitrogens is 2. The van der Waals surface area contributed by atoms with Gasteiger partial charge in [-0.1, -0.05) is 11.6 Å². The smallest absolute Gasteiger partial charge is 0.216 e. The van der Waals surface area contributed by atoms with Gasteiger partial charge in [-0.15, -0.1) is 0 Å². The largest absolute Gasteiger partial charge is 0.444 e. The van der Waals surface area contributed by atoms with Gasteiger partial charge in [0.2, 0.25) is 5.89 Å². The average molecular weight is 256 g/mol. The number of pyridine rings is 1. The number of halogens is 2. The Morgan fingerprint density at radius 2 is 2.18 bits per heavy atom. The van der Waals surface area contributed by atoms with E-state index in [4.69, 9.17) is 16.0 Å². The average Bonchev–Trinajstić information content (AvgIpc) is 2.69. The molecule has 2 aromatic heterocycles. The summed E-state index contributed by atoms with van der Waals surface area (Å²) in [5.74, 6) is 0.808. The van der Waals surface area contributed by atoms with Crippen molar-refractivity contribution in [2.45, 2.75) is 19.9 Å². The van der Waals surface area contributed by atoms with Crippen molar-refractivity contribution < 1.29 is 8.81 Å². The van der Waals surface area contributed by atoms with E-state index in [1.54, 1.807) is 20.0 Å². The van der Waals surface area contributed by atoms with E-state index in [0.717, 1.165) is 0 Å². The Morgan fingerprint density at radius 1 is 1.41 bits per heavy atom. The zero-order valence-corrected chi connectivity index (χ0v) is 10.1. The van der Waals surface area contributed by atoms with Crippen LogP contribution in [0.25, 0.3) is 0 Å². The molecule has 0 aliphatic carbocycles. The second kappa shape index (κ2) is 4.71. The van der Waals surface area contributed by atoms with E-state index in [9.17, 15) is 4.39 Å². The number of hydrogen-bond acceptors (Lipinski definition) is 4. The first-order valence-corrected chi connectivity index (χ1v) is 5.44. The molecule has 1 atom stereocenters. The van der Waals surface area contributed by atoms with Crippen LogP contribution in [0.5, 0.6) is 0 Å². The summed E-state index contributed by atoms with van der Waals surface area (Å²) < 4.78 is 18.8. The number of nitrogens with one attached hydrogen (secondary N) is 1. The normalized spacial score (nSPS) is 12.5. The van der Waals surface area contributed by atoms with Gasteiger partial charge in [-0.3, -0.25) is 0 Å². The zero-order valence-electron chi connectivity index (χ0n) is 9.37. The van der Waals surface area contributed by atoms with E-state index in [0.29, 0.717) is 11.7 Å². The van der Waals surface area contributed by atoms with E-state index in [-0.39, 0.29) is 16.9 Å². The highest BCUT2D eigenvalue weighted by atomic mass is 35.5. The summed E-state index contributed by atoms with van der Waals surface area (Å²) in [5.41, 5.74) is 0. The Hall–Kier alpha value is -1.62. The first kappa shape index (κ1) is 11.9. The Morgan fingerprint density at radius 3 is 2.76 bits per heavy atom. The molecule has 6 heteroatoms. The van der Waals surface area contributed by atoms with Crippen molar-refractivity contribution >= 4 is 17.4 Å². The number of aryl methyl sites for hydroxylation is 1. The maximum absolute atomic E-state index is 13.5. The number of nitrogens with zero attached hydrogens (tertiary/aromatic N) is 2. The van der Waals surface area contributed by atoms with Gasteiger partial charge in [0.1, 0.15) is 11.8 Å². The molecule has 0 aromatic carbocycles. The van der Waals surface area contributed by atoms with Crippen LogP contribution in [0.1, 0.15) is 24.6 Å². The summed E-state index contributed by atoms with van der Waals surface area (Å²) in [4.78, 5) is 7.92. The topological polar surface area (TPSA) is 51.0 Å². The molecule has 1 unspecified atom stereocenters. The summed E-state index contributed by atoms with van der Waals surface area (Å²) in [6.07, 6.45) is 2.99. The monoisotopic (exact) mass is 255 g/mol. The fourth-order valence-electron chi connectivity index (χ4n) is 1.36. The maximum atomic E-state index is 13.5. The summed E-state index contributed by atoms with van der Waals surface area (Å²) >= 11 is 5.61. The second-order valence-electron chi connectivity index (χ2n) is 3.66. The number of hydrogen-bond donors (Lipinski definition) is 1. The van der Waals surface area contributed by atoms with Gasteiger partial charge < -0.3 is 9.73 Å². The van der Waals surface area contributed by atoms with E-state index in [1.807, 2.05) is 0 Å². The molecule has 0 saturated heterocycles. The summed E-state index contributed by atoms with van der Waals surface area (Å²) in [7, 11) is 0. The molecule has 2 aromatic rings. The predicted octanol–water partition coefficient (Wildman–Crippen LogP) is 3.34. The lowest BCUT2D eigenvalue weighted by Gasteiger charge is -2.11. The van der Waals surface area contributed by atoms with Crippen molar-refractivity contribution in [1.29, 1.82) is 0 Å². The van der Waals surface area contributed by atoms with Crippen molar-refractivity contribution in [3.63, 3.8) is 0 Å². The summed E-state index contributed by atoms with van der Waals surface area (Å²) in [6.45, 7) is 3.60. The van der Waals surface area contributed by atoms with Crippen LogP contribution in [0.4, 0.5) is 10.2 Å². The minimum absolute atomic E-state index is 0.123. The Kier molecular flexibility index (Phi) is 3.28. The third-order valence-electron chi connectivity index (χ3n) is 2.17. The number of rotatable bonds is 3. The first-order valence-electron chi connectivity index (χ1n) is 5.06. The van der Waals surface area contributed by atoms with Crippen LogP contribution in [0.15, 0.2) is 22.9 Å². The molecule has 90 valence electrons. The van der Waals surface area contributed by atoms with Gasteiger partial charge in [-0.25, -0.2) is 14.4 Å². The standard InChI is InChI=1S/C11H11ClFN3O/c1-6-4-15-11(17-6)7(2)16-10-9(13)3-8(12)5-14-10/h3-5,7H,1-2H3,(H,14,16). The SMILES string of the molecule is Cc1cnc(C(C)Nc2ncc(Cl)cc2F)o1. The van der Waals surface area contributed by atoms with Crippen molar-refractivity contribution in [3.8, 4) is 0 Å². The highest BCUT2D eigenvalue weighted by Crippen LogP contribution is 2.21. The molecule has 0 bridgehead atoms. The third-order valence-corrected chi connectivity index (χ3v) is 2.38. The molecular weight excluding hydrogens is 245 g/mol. The van der Waals surface area contributed by atoms with Crippen LogP contribution < -0.4 is 5.32 Å². The van der Waals surface area contributed by atoms with Gasteiger partial charge in [-0.2, -0.15) is 0 Å². The van der Waals surface area contributed by atoms with E-state index in [2.05, 4.69) is 15.3 Å². The number of oxazole rings is 1. The summed E-state index contributed by atoms with van der Waals surface area (Å²) in [5, 5.41) is 3.12. The predicted molar refractivity (Wildman–Crippen MR) is 62.5 cm³/mol. The highest BCUT2D eigenvalue weighted by molar-refractivity contribution is 6.30. The molecule has 2 heterocycles. The van der Waals surface area contributed by atoms with Gasteiger partial charge in [0.05, 0.1) is 11.2 Å². The molecule has 0 aliphatic heterocycles. The van der Waals surface area contributed by atoms with E-state index in [1.165, 1.54) is 12.3 Å². The minimum Gasteiger partial charge on any atom is -0.444 e. The molecule has 0 fully saturated rings. The highest BCUT2D eigenvalue weighted by Gasteiger charge is 2.14. The van der Waals surface area contributed by atoms with Crippen LogP contribution in [-0.2, 0) is 0 Å². The Balaban J connectivity index is 2.15. The molecule has 0 aliphatic rings. The van der Waals surface area contributed by atoms with Crippen molar-refractivity contribution in [2.75, 3.05) is 5.32 Å². The lowest BCUT2D eigenvalue weighted by atomic mass is 10.3. The van der Waals surface area contributed by atoms with Crippen molar-refractivity contribution in [2.24, 2.45) is 0 Å². The third kappa shape index (κ3) is 2.74. The van der Waals surface area contributed by atoms with Crippen LogP contribution in [0.2, 0.25) is 5.02 Å². The first-order chi connectivity index (χ1) is 8.06. The van der Waals surface area contributed by atoms with E-state index >= 15 is 0 Å². The number of anilines is 1. The fourth-order valence-corrected chi connectivity index (χ4v) is 1.50. The molecule has 2 rings (SSSR count). The minimum atomic E-state index is -0.507. The second-order valence-corrected chi connectivity index (χ2v) is 4.10. The van der Waals surface area contributed by atoms with E-state index < -0.39 is 5.82 Å². The molecule has 0 radical (unpaired) electrons. The lowest BCUT2D eigenvalue weighted by molar-refractivity contribution is 0.452. The fraction of sp³-hybridized carbons (Fsp3) is 0.273. The van der Waals surface area contributed by atoms with Crippen LogP contribution in [-0.4, -0.2) is 9.97 Å². The van der Waals surface area contributed by atoms with Crippen LogP contribution in [0, 0.1) is 12.7 Å². The van der Waals surface area contributed by atoms with Gasteiger partial charge in [0.15, 0.2) is 11.6 Å². The molecule has 0 spiro atoms. The molecule has 1 N–H and O–H groups in total. The van der Waals surface area contributed by atoms with Crippen molar-refractivity contribution in [1.82, 2.24) is 9.97 Å². The van der Waals surface area contributed by atoms with Gasteiger partial charge >= 0.3 is 0 Å². The van der Waals surface area contributed by atoms with Crippen LogP contribution in [0.3, 0.4) is 0 Å². The Labute approximate surface area is 103 Å².